The Morgan fingerprint density at radius 3 is 2.16 bits per heavy atom. The molecule has 1 heterocycles. The minimum atomic E-state index is 0.522. The van der Waals surface area contributed by atoms with Gasteiger partial charge in [0.15, 0.2) is 0 Å². The van der Waals surface area contributed by atoms with Crippen molar-refractivity contribution < 1.29 is 0 Å². The molecule has 0 spiro atoms. The van der Waals surface area contributed by atoms with Gasteiger partial charge in [-0.2, -0.15) is 0 Å². The maximum absolute atomic E-state index is 3.66. The maximum atomic E-state index is 3.66. The van der Waals surface area contributed by atoms with Gasteiger partial charge in [-0.1, -0.05) is 41.5 Å². The highest BCUT2D eigenvalue weighted by atomic mass is 15.2. The van der Waals surface area contributed by atoms with Gasteiger partial charge in [0.1, 0.15) is 0 Å². The van der Waals surface area contributed by atoms with E-state index < -0.39 is 0 Å². The third-order valence-electron chi connectivity index (χ3n) is 6.90. The Hall–Kier alpha value is -0.0800. The van der Waals surface area contributed by atoms with Gasteiger partial charge in [0.05, 0.1) is 0 Å². The Labute approximate surface area is 120 Å². The largest absolute Gasteiger partial charge is 0.314 e. The van der Waals surface area contributed by atoms with Crippen LogP contribution in [0.4, 0.5) is 0 Å². The molecule has 2 aliphatic rings. The molecule has 112 valence electrons. The molecular weight excluding hydrogens is 232 g/mol. The van der Waals surface area contributed by atoms with Gasteiger partial charge in [0.2, 0.25) is 0 Å². The van der Waals surface area contributed by atoms with Crippen LogP contribution >= 0.6 is 0 Å². The number of rotatable bonds is 4. The highest BCUT2D eigenvalue weighted by Crippen LogP contribution is 2.68. The third kappa shape index (κ3) is 2.47. The molecule has 1 aliphatic carbocycles. The van der Waals surface area contributed by atoms with E-state index in [0.29, 0.717) is 16.9 Å². The Morgan fingerprint density at radius 1 is 1.11 bits per heavy atom. The lowest BCUT2D eigenvalue weighted by Gasteiger charge is -2.43. The highest BCUT2D eigenvalue weighted by molar-refractivity contribution is 5.13. The Bertz CT molecular complexity index is 307. The van der Waals surface area contributed by atoms with Crippen LogP contribution in [0.3, 0.4) is 0 Å². The van der Waals surface area contributed by atoms with Crippen LogP contribution in [-0.2, 0) is 0 Å². The summed E-state index contributed by atoms with van der Waals surface area (Å²) in [5.74, 6) is 1.63. The van der Waals surface area contributed by atoms with Gasteiger partial charge in [0.25, 0.3) is 0 Å². The molecule has 1 saturated carbocycles. The first kappa shape index (κ1) is 15.3. The summed E-state index contributed by atoms with van der Waals surface area (Å²) >= 11 is 0. The van der Waals surface area contributed by atoms with E-state index in [1.807, 2.05) is 0 Å². The van der Waals surface area contributed by atoms with E-state index in [9.17, 15) is 0 Å². The van der Waals surface area contributed by atoms with Crippen LogP contribution in [0.25, 0.3) is 0 Å². The Kier molecular flexibility index (Phi) is 4.06. The van der Waals surface area contributed by atoms with E-state index in [1.165, 1.54) is 19.5 Å². The van der Waals surface area contributed by atoms with E-state index in [4.69, 9.17) is 0 Å². The molecule has 3 atom stereocenters. The summed E-state index contributed by atoms with van der Waals surface area (Å²) in [5.41, 5.74) is 1.04. The third-order valence-corrected chi connectivity index (χ3v) is 6.90. The minimum Gasteiger partial charge on any atom is -0.314 e. The number of likely N-dealkylation sites (tertiary alicyclic amines) is 1. The fraction of sp³-hybridized carbons (Fsp3) is 1.00. The van der Waals surface area contributed by atoms with Crippen LogP contribution in [0.15, 0.2) is 0 Å². The zero-order chi connectivity index (χ0) is 14.4. The molecule has 0 aromatic carbocycles. The number of nitrogens with one attached hydrogen (secondary N) is 1. The Morgan fingerprint density at radius 2 is 1.68 bits per heavy atom. The topological polar surface area (TPSA) is 15.3 Å². The summed E-state index contributed by atoms with van der Waals surface area (Å²) in [6.07, 6.45) is 1.31. The van der Waals surface area contributed by atoms with Crippen molar-refractivity contribution in [1.82, 2.24) is 10.2 Å². The van der Waals surface area contributed by atoms with Crippen LogP contribution < -0.4 is 5.32 Å². The molecule has 3 unspecified atom stereocenters. The first-order valence-electron chi connectivity index (χ1n) is 8.21. The minimum absolute atomic E-state index is 0.522. The number of hydrogen-bond acceptors (Lipinski definition) is 2. The van der Waals surface area contributed by atoms with Gasteiger partial charge in [-0.3, -0.25) is 4.90 Å². The predicted molar refractivity (Wildman–Crippen MR) is 83.3 cm³/mol. The highest BCUT2D eigenvalue weighted by Gasteiger charge is 2.64. The summed E-state index contributed by atoms with van der Waals surface area (Å²) in [6, 6.07) is 1.43. The van der Waals surface area contributed by atoms with Crippen molar-refractivity contribution in [3.05, 3.63) is 0 Å². The monoisotopic (exact) mass is 266 g/mol. The summed E-state index contributed by atoms with van der Waals surface area (Å²) < 4.78 is 0. The predicted octanol–water partition coefficient (Wildman–Crippen LogP) is 3.38. The molecule has 2 fully saturated rings. The first-order valence-corrected chi connectivity index (χ1v) is 8.21. The molecule has 0 bridgehead atoms. The molecule has 2 rings (SSSR count). The lowest BCUT2D eigenvalue weighted by Crippen LogP contribution is -2.53. The van der Waals surface area contributed by atoms with Crippen molar-refractivity contribution in [3.63, 3.8) is 0 Å². The van der Waals surface area contributed by atoms with Gasteiger partial charge < -0.3 is 5.32 Å². The van der Waals surface area contributed by atoms with E-state index >= 15 is 0 Å². The molecule has 1 aliphatic heterocycles. The zero-order valence-electron chi connectivity index (χ0n) is 14.1. The summed E-state index contributed by atoms with van der Waals surface area (Å²) in [5, 5.41) is 3.66. The summed E-state index contributed by atoms with van der Waals surface area (Å²) in [7, 11) is 0. The van der Waals surface area contributed by atoms with Gasteiger partial charge >= 0.3 is 0 Å². The van der Waals surface area contributed by atoms with Crippen LogP contribution in [0.5, 0.6) is 0 Å². The molecule has 1 saturated heterocycles. The molecule has 0 radical (unpaired) electrons. The lowest BCUT2D eigenvalue weighted by atomic mass is 9.86. The van der Waals surface area contributed by atoms with Crippen LogP contribution in [0.1, 0.15) is 54.9 Å². The smallest absolute Gasteiger partial charge is 0.0120 e. The second kappa shape index (κ2) is 5.04. The molecule has 2 heteroatoms. The summed E-state index contributed by atoms with van der Waals surface area (Å²) in [4.78, 5) is 2.75. The normalized spacial score (nSPS) is 38.4. The van der Waals surface area contributed by atoms with Crippen LogP contribution in [0.2, 0.25) is 0 Å². The first-order chi connectivity index (χ1) is 8.73. The maximum Gasteiger partial charge on any atom is 0.0120 e. The zero-order valence-corrected chi connectivity index (χ0v) is 14.1. The molecule has 19 heavy (non-hydrogen) atoms. The molecular formula is C17H34N2. The quantitative estimate of drug-likeness (QED) is 0.839. The van der Waals surface area contributed by atoms with Crippen LogP contribution in [-0.4, -0.2) is 36.6 Å². The van der Waals surface area contributed by atoms with Gasteiger partial charge in [0, 0.05) is 18.6 Å². The van der Waals surface area contributed by atoms with Gasteiger partial charge in [-0.15, -0.1) is 0 Å². The molecule has 2 nitrogen and oxygen atoms in total. The van der Waals surface area contributed by atoms with E-state index in [0.717, 1.165) is 24.4 Å². The second-order valence-electron chi connectivity index (χ2n) is 8.04. The summed E-state index contributed by atoms with van der Waals surface area (Å²) in [6.45, 7) is 20.5. The van der Waals surface area contributed by atoms with Gasteiger partial charge in [-0.05, 0) is 49.1 Å². The number of hydrogen-bond donors (Lipinski definition) is 1. The van der Waals surface area contributed by atoms with Crippen molar-refractivity contribution in [2.45, 2.75) is 67.0 Å². The molecule has 0 aromatic heterocycles. The SMILES string of the molecule is CCNC1CCN(CC2C(C)(C)C2(C)C)C(C)C1C. The van der Waals surface area contributed by atoms with Crippen molar-refractivity contribution in [2.24, 2.45) is 22.7 Å². The molecule has 0 amide bonds. The standard InChI is InChI=1S/C17H34N2/c1-8-18-14-9-10-19(13(3)12(14)2)11-15-16(4,5)17(15,6)7/h12-15,18H,8-11H2,1-7H3. The van der Waals surface area contributed by atoms with E-state index in [-0.39, 0.29) is 0 Å². The van der Waals surface area contributed by atoms with Crippen molar-refractivity contribution in [3.8, 4) is 0 Å². The fourth-order valence-corrected chi connectivity index (χ4v) is 4.27. The Balaban J connectivity index is 1.94. The van der Waals surface area contributed by atoms with Crippen molar-refractivity contribution in [2.75, 3.05) is 19.6 Å². The fourth-order valence-electron chi connectivity index (χ4n) is 4.27. The number of piperidine rings is 1. The second-order valence-corrected chi connectivity index (χ2v) is 8.04. The van der Waals surface area contributed by atoms with Crippen LogP contribution in [0, 0.1) is 22.7 Å². The molecule has 0 aromatic rings. The van der Waals surface area contributed by atoms with Crippen molar-refractivity contribution in [1.29, 1.82) is 0 Å². The average molecular weight is 266 g/mol. The lowest BCUT2D eigenvalue weighted by molar-refractivity contribution is 0.0763. The molecule has 1 N–H and O–H groups in total. The van der Waals surface area contributed by atoms with Gasteiger partial charge in [-0.25, -0.2) is 0 Å². The average Bonchev–Trinajstić information content (AvgIpc) is 2.71. The van der Waals surface area contributed by atoms with Crippen molar-refractivity contribution >= 4 is 0 Å². The van der Waals surface area contributed by atoms with E-state index in [1.54, 1.807) is 0 Å². The van der Waals surface area contributed by atoms with E-state index in [2.05, 4.69) is 58.7 Å². The number of nitrogens with zero attached hydrogens (tertiary/aromatic N) is 1.